The van der Waals surface area contributed by atoms with Crippen LogP contribution in [0.2, 0.25) is 5.02 Å². The Hall–Kier alpha value is -2.76. The molecule has 1 aliphatic rings. The summed E-state index contributed by atoms with van der Waals surface area (Å²) < 4.78 is 2.22. The van der Waals surface area contributed by atoms with Crippen molar-refractivity contribution in [3.63, 3.8) is 0 Å². The van der Waals surface area contributed by atoms with E-state index in [1.807, 2.05) is 36.5 Å². The molecule has 186 valence electrons. The zero-order chi connectivity index (χ0) is 25.2. The first-order chi connectivity index (χ1) is 17.4. The third kappa shape index (κ3) is 5.05. The van der Waals surface area contributed by atoms with Gasteiger partial charge in [0, 0.05) is 21.0 Å². The van der Waals surface area contributed by atoms with E-state index in [4.69, 9.17) is 16.6 Å². The van der Waals surface area contributed by atoms with Gasteiger partial charge in [-0.05, 0) is 61.8 Å². The summed E-state index contributed by atoms with van der Waals surface area (Å²) in [7, 11) is 0. The number of halogens is 1. The monoisotopic (exact) mass is 516 g/mol. The average Bonchev–Trinajstić information content (AvgIpc) is 3.41. The number of nitrogens with zero attached hydrogens (tertiary/aromatic N) is 4. The molecule has 0 spiro atoms. The molecule has 1 aliphatic heterocycles. The maximum Gasteiger partial charge on any atom is 0.163 e. The van der Waals surface area contributed by atoms with Crippen molar-refractivity contribution in [2.24, 2.45) is 10.9 Å². The molecule has 0 radical (unpaired) electrons. The summed E-state index contributed by atoms with van der Waals surface area (Å²) in [6, 6.07) is 19.4. The van der Waals surface area contributed by atoms with E-state index in [1.165, 1.54) is 16.0 Å². The second-order valence-electron chi connectivity index (χ2n) is 10.0. The molecule has 5 rings (SSSR count). The summed E-state index contributed by atoms with van der Waals surface area (Å²) in [6.07, 6.45) is 5.05. The molecule has 0 amide bonds. The van der Waals surface area contributed by atoms with Crippen LogP contribution in [-0.2, 0) is 19.3 Å². The van der Waals surface area contributed by atoms with Gasteiger partial charge in [0.1, 0.15) is 16.9 Å². The molecule has 2 aromatic heterocycles. The molecule has 0 fully saturated rings. The Balaban J connectivity index is 1.52. The fraction of sp³-hybridized carbons (Fsp3) is 0.367. The van der Waals surface area contributed by atoms with Crippen LogP contribution in [0.25, 0.3) is 5.00 Å². The first kappa shape index (κ1) is 24.9. The Morgan fingerprint density at radius 1 is 0.972 bits per heavy atom. The lowest BCUT2D eigenvalue weighted by molar-refractivity contribution is 0.597. The van der Waals surface area contributed by atoms with Gasteiger partial charge in [-0.15, -0.1) is 21.5 Å². The maximum atomic E-state index is 6.70. The van der Waals surface area contributed by atoms with Gasteiger partial charge >= 0.3 is 0 Å². The summed E-state index contributed by atoms with van der Waals surface area (Å²) in [5, 5.41) is 10.9. The number of thiophene rings is 1. The minimum atomic E-state index is -0.0464. The molecular formula is C30H33ClN4S. The topological polar surface area (TPSA) is 43.1 Å². The minimum Gasteiger partial charge on any atom is -0.272 e. The Morgan fingerprint density at radius 3 is 2.44 bits per heavy atom. The van der Waals surface area contributed by atoms with Crippen molar-refractivity contribution >= 4 is 28.6 Å². The smallest absolute Gasteiger partial charge is 0.163 e. The first-order valence-electron chi connectivity index (χ1n) is 12.9. The van der Waals surface area contributed by atoms with E-state index in [9.17, 15) is 0 Å². The molecule has 0 saturated heterocycles. The zero-order valence-electron chi connectivity index (χ0n) is 21.5. The van der Waals surface area contributed by atoms with Gasteiger partial charge in [0.05, 0.1) is 5.71 Å². The second kappa shape index (κ2) is 10.7. The zero-order valence-corrected chi connectivity index (χ0v) is 23.0. The number of aryl methyl sites for hydroxylation is 3. The van der Waals surface area contributed by atoms with Gasteiger partial charge in [-0.1, -0.05) is 81.3 Å². The molecule has 6 heteroatoms. The Morgan fingerprint density at radius 2 is 1.72 bits per heavy atom. The van der Waals surface area contributed by atoms with Gasteiger partial charge in [0.2, 0.25) is 0 Å². The fourth-order valence-corrected chi connectivity index (χ4v) is 6.37. The summed E-state index contributed by atoms with van der Waals surface area (Å²) in [4.78, 5) is 6.61. The minimum absolute atomic E-state index is 0.0464. The van der Waals surface area contributed by atoms with Gasteiger partial charge < -0.3 is 0 Å². The van der Waals surface area contributed by atoms with Gasteiger partial charge in [0.25, 0.3) is 0 Å². The van der Waals surface area contributed by atoms with Crippen LogP contribution in [0, 0.1) is 12.8 Å². The quantitative estimate of drug-likeness (QED) is 0.238. The molecule has 4 aromatic rings. The second-order valence-corrected chi connectivity index (χ2v) is 11.6. The number of hydrogen-bond donors (Lipinski definition) is 0. The molecule has 0 bridgehead atoms. The van der Waals surface area contributed by atoms with Crippen molar-refractivity contribution < 1.29 is 0 Å². The number of aromatic nitrogens is 3. The third-order valence-electron chi connectivity index (χ3n) is 6.67. The van der Waals surface area contributed by atoms with E-state index in [0.29, 0.717) is 5.92 Å². The van der Waals surface area contributed by atoms with Crippen molar-refractivity contribution in [1.82, 2.24) is 14.8 Å². The lowest BCUT2D eigenvalue weighted by atomic mass is 10.00. The highest BCUT2D eigenvalue weighted by molar-refractivity contribution is 7.15. The van der Waals surface area contributed by atoms with Crippen LogP contribution in [0.15, 0.2) is 59.6 Å². The normalized spacial score (nSPS) is 14.9. The van der Waals surface area contributed by atoms with Crippen LogP contribution >= 0.6 is 22.9 Å². The molecule has 2 aromatic carbocycles. The number of rotatable bonds is 8. The number of benzene rings is 2. The van der Waals surface area contributed by atoms with Crippen molar-refractivity contribution in [3.8, 4) is 5.00 Å². The molecular weight excluding hydrogens is 484 g/mol. The van der Waals surface area contributed by atoms with Gasteiger partial charge in [-0.2, -0.15) is 0 Å². The van der Waals surface area contributed by atoms with Crippen LogP contribution in [0.3, 0.4) is 0 Å². The summed E-state index contributed by atoms with van der Waals surface area (Å²) in [5.74, 6) is 2.50. The third-order valence-corrected chi connectivity index (χ3v) is 8.18. The Bertz CT molecular complexity index is 1380. The first-order valence-corrected chi connectivity index (χ1v) is 14.1. The lowest BCUT2D eigenvalue weighted by Gasteiger charge is -2.11. The van der Waals surface area contributed by atoms with Gasteiger partial charge in [-0.3, -0.25) is 9.56 Å². The fourth-order valence-electron chi connectivity index (χ4n) is 4.93. The van der Waals surface area contributed by atoms with E-state index in [0.717, 1.165) is 70.6 Å². The Labute approximate surface area is 223 Å². The SMILES string of the molecule is CCCC1N=C(c2ccccc2Cl)c2cc(CCc3ccc(CC(C)C)cc3)sc2-n2c(C)nnc21. The van der Waals surface area contributed by atoms with E-state index in [1.54, 1.807) is 0 Å². The molecule has 0 aliphatic carbocycles. The number of hydrogen-bond acceptors (Lipinski definition) is 4. The molecule has 0 saturated carbocycles. The summed E-state index contributed by atoms with van der Waals surface area (Å²) in [6.45, 7) is 8.75. The largest absolute Gasteiger partial charge is 0.272 e. The highest BCUT2D eigenvalue weighted by Gasteiger charge is 2.30. The Kier molecular flexibility index (Phi) is 7.40. The van der Waals surface area contributed by atoms with Gasteiger partial charge in [-0.25, -0.2) is 0 Å². The van der Waals surface area contributed by atoms with E-state index < -0.39 is 0 Å². The predicted molar refractivity (Wildman–Crippen MR) is 151 cm³/mol. The molecule has 36 heavy (non-hydrogen) atoms. The molecule has 4 nitrogen and oxygen atoms in total. The molecule has 1 atom stereocenters. The molecule has 3 heterocycles. The predicted octanol–water partition coefficient (Wildman–Crippen LogP) is 7.97. The average molecular weight is 517 g/mol. The number of fused-ring (bicyclic) bond motifs is 3. The van der Waals surface area contributed by atoms with Crippen LogP contribution in [0.1, 0.15) is 78.4 Å². The van der Waals surface area contributed by atoms with E-state index >= 15 is 0 Å². The van der Waals surface area contributed by atoms with Crippen molar-refractivity contribution in [2.45, 2.75) is 65.8 Å². The van der Waals surface area contributed by atoms with Crippen LogP contribution in [0.4, 0.5) is 0 Å². The summed E-state index contributed by atoms with van der Waals surface area (Å²) in [5.41, 5.74) is 5.84. The van der Waals surface area contributed by atoms with Gasteiger partial charge in [0.15, 0.2) is 5.82 Å². The van der Waals surface area contributed by atoms with Crippen LogP contribution < -0.4 is 0 Å². The number of aliphatic imine (C=N–C) groups is 1. The standard InChI is InChI=1S/C30H33ClN4S/c1-5-8-27-29-34-33-20(4)35(29)30-25(28(32-27)24-9-6-7-10-26(24)31)18-23(36-30)16-15-21-11-13-22(14-12-21)17-19(2)3/h6-7,9-14,18-19,27H,5,8,15-17H2,1-4H3. The highest BCUT2D eigenvalue weighted by atomic mass is 35.5. The lowest BCUT2D eigenvalue weighted by Crippen LogP contribution is -2.06. The van der Waals surface area contributed by atoms with Crippen molar-refractivity contribution in [2.75, 3.05) is 0 Å². The maximum absolute atomic E-state index is 6.70. The molecule has 1 unspecified atom stereocenters. The van der Waals surface area contributed by atoms with Crippen molar-refractivity contribution in [1.29, 1.82) is 0 Å². The van der Waals surface area contributed by atoms with Crippen molar-refractivity contribution in [3.05, 3.63) is 98.4 Å². The van der Waals surface area contributed by atoms with Crippen LogP contribution in [-0.4, -0.2) is 20.5 Å². The summed E-state index contributed by atoms with van der Waals surface area (Å²) >= 11 is 8.52. The molecule has 0 N–H and O–H groups in total. The highest BCUT2D eigenvalue weighted by Crippen LogP contribution is 2.38. The van der Waals surface area contributed by atoms with E-state index in [2.05, 4.69) is 71.9 Å². The van der Waals surface area contributed by atoms with E-state index in [-0.39, 0.29) is 6.04 Å². The van der Waals surface area contributed by atoms with Crippen LogP contribution in [0.5, 0.6) is 0 Å².